The monoisotopic (exact) mass is 296 g/mol. The molecule has 4 nitrogen and oxygen atoms in total. The molecule has 0 aliphatic heterocycles. The van der Waals surface area contributed by atoms with Crippen LogP contribution in [0.4, 0.5) is 0 Å². The number of aromatic nitrogens is 1. The van der Waals surface area contributed by atoms with Gasteiger partial charge in [-0.15, -0.1) is 0 Å². The largest absolute Gasteiger partial charge is 0.384 e. The number of pyridine rings is 1. The Morgan fingerprint density at radius 1 is 1.58 bits per heavy atom. The van der Waals surface area contributed by atoms with E-state index in [9.17, 15) is 9.90 Å². The zero-order valence-corrected chi connectivity index (χ0v) is 11.8. The molecule has 1 amide bonds. The fraction of sp³-hybridized carbons (Fsp3) is 0.231. The molecule has 1 unspecified atom stereocenters. The lowest BCUT2D eigenvalue weighted by Gasteiger charge is -2.22. The van der Waals surface area contributed by atoms with E-state index in [-0.39, 0.29) is 18.1 Å². The van der Waals surface area contributed by atoms with E-state index in [2.05, 4.69) is 10.3 Å². The molecule has 6 heteroatoms. The van der Waals surface area contributed by atoms with Crippen LogP contribution in [0.15, 0.2) is 35.2 Å². The van der Waals surface area contributed by atoms with Crippen molar-refractivity contribution in [2.24, 2.45) is 0 Å². The Morgan fingerprint density at radius 2 is 2.37 bits per heavy atom. The van der Waals surface area contributed by atoms with Crippen LogP contribution in [0.25, 0.3) is 0 Å². The van der Waals surface area contributed by atoms with Crippen LogP contribution in [0.1, 0.15) is 23.0 Å². The number of nitrogens with one attached hydrogen (secondary N) is 1. The van der Waals surface area contributed by atoms with E-state index in [0.717, 1.165) is 5.56 Å². The highest BCUT2D eigenvalue weighted by Crippen LogP contribution is 2.22. The van der Waals surface area contributed by atoms with Gasteiger partial charge in [-0.05, 0) is 41.4 Å². The molecule has 2 N–H and O–H groups in total. The van der Waals surface area contributed by atoms with Crippen LogP contribution in [-0.2, 0) is 5.60 Å². The van der Waals surface area contributed by atoms with Gasteiger partial charge in [0.15, 0.2) is 0 Å². The smallest absolute Gasteiger partial charge is 0.270 e. The summed E-state index contributed by atoms with van der Waals surface area (Å²) in [4.78, 5) is 15.8. The minimum Gasteiger partial charge on any atom is -0.384 e. The topological polar surface area (TPSA) is 62.2 Å². The first-order valence-corrected chi connectivity index (χ1v) is 6.96. The molecule has 0 fully saturated rings. The SMILES string of the molecule is CC(O)(CNC(=O)c1cc(Cl)ccn1)c1ccsc1. The van der Waals surface area contributed by atoms with Gasteiger partial charge >= 0.3 is 0 Å². The number of hydrogen-bond acceptors (Lipinski definition) is 4. The Bertz CT molecular complexity index is 570. The van der Waals surface area contributed by atoms with E-state index in [1.807, 2.05) is 16.8 Å². The normalized spacial score (nSPS) is 13.8. The van der Waals surface area contributed by atoms with Crippen molar-refractivity contribution in [2.45, 2.75) is 12.5 Å². The summed E-state index contributed by atoms with van der Waals surface area (Å²) in [5.41, 5.74) is -0.0979. The predicted molar refractivity (Wildman–Crippen MR) is 75.5 cm³/mol. The van der Waals surface area contributed by atoms with Crippen LogP contribution in [0.5, 0.6) is 0 Å². The van der Waals surface area contributed by atoms with Crippen molar-refractivity contribution < 1.29 is 9.90 Å². The molecule has 0 bridgehead atoms. The van der Waals surface area contributed by atoms with Crippen molar-refractivity contribution in [3.8, 4) is 0 Å². The summed E-state index contributed by atoms with van der Waals surface area (Å²) in [6.45, 7) is 1.76. The maximum atomic E-state index is 11.9. The van der Waals surface area contributed by atoms with E-state index in [1.165, 1.54) is 23.6 Å². The molecule has 0 aliphatic rings. The van der Waals surface area contributed by atoms with Crippen LogP contribution in [0.2, 0.25) is 5.02 Å². The quantitative estimate of drug-likeness (QED) is 0.911. The Morgan fingerprint density at radius 3 is 3.00 bits per heavy atom. The third kappa shape index (κ3) is 3.53. The Kier molecular flexibility index (Phi) is 4.19. The lowest BCUT2D eigenvalue weighted by Crippen LogP contribution is -2.38. The molecule has 0 radical (unpaired) electrons. The highest BCUT2D eigenvalue weighted by atomic mass is 35.5. The number of halogens is 1. The molecule has 0 aliphatic carbocycles. The summed E-state index contributed by atoms with van der Waals surface area (Å²) in [5.74, 6) is -0.363. The van der Waals surface area contributed by atoms with Crippen molar-refractivity contribution in [3.05, 3.63) is 51.4 Å². The first-order chi connectivity index (χ1) is 8.99. The minimum absolute atomic E-state index is 0.108. The second kappa shape index (κ2) is 5.69. The van der Waals surface area contributed by atoms with Crippen molar-refractivity contribution in [2.75, 3.05) is 6.54 Å². The highest BCUT2D eigenvalue weighted by molar-refractivity contribution is 7.08. The molecule has 2 rings (SSSR count). The van der Waals surface area contributed by atoms with E-state index in [4.69, 9.17) is 11.6 Å². The van der Waals surface area contributed by atoms with Crippen LogP contribution in [-0.4, -0.2) is 22.5 Å². The molecule has 0 aromatic carbocycles. The standard InChI is InChI=1S/C13H13ClN2O2S/c1-13(18,9-3-5-19-7-9)8-16-12(17)11-6-10(14)2-4-15-11/h2-7,18H,8H2,1H3,(H,16,17). The molecule has 2 aromatic rings. The van der Waals surface area contributed by atoms with E-state index in [0.29, 0.717) is 5.02 Å². The van der Waals surface area contributed by atoms with E-state index in [1.54, 1.807) is 13.0 Å². The zero-order valence-electron chi connectivity index (χ0n) is 10.3. The van der Waals surface area contributed by atoms with Gasteiger partial charge in [-0.25, -0.2) is 0 Å². The molecule has 100 valence electrons. The molecule has 2 heterocycles. The van der Waals surface area contributed by atoms with Crippen LogP contribution in [0.3, 0.4) is 0 Å². The van der Waals surface area contributed by atoms with Crippen molar-refractivity contribution in [3.63, 3.8) is 0 Å². The molecule has 19 heavy (non-hydrogen) atoms. The van der Waals surface area contributed by atoms with Crippen molar-refractivity contribution in [1.29, 1.82) is 0 Å². The van der Waals surface area contributed by atoms with E-state index >= 15 is 0 Å². The van der Waals surface area contributed by atoms with E-state index < -0.39 is 5.60 Å². The second-order valence-corrected chi connectivity index (χ2v) is 5.54. The summed E-state index contributed by atoms with van der Waals surface area (Å²) >= 11 is 7.29. The molecule has 2 aromatic heterocycles. The van der Waals surface area contributed by atoms with Gasteiger partial charge in [0.2, 0.25) is 0 Å². The van der Waals surface area contributed by atoms with Crippen LogP contribution < -0.4 is 5.32 Å². The fourth-order valence-electron chi connectivity index (χ4n) is 1.54. The van der Waals surface area contributed by atoms with Gasteiger partial charge in [-0.1, -0.05) is 11.6 Å². The number of nitrogens with zero attached hydrogens (tertiary/aromatic N) is 1. The number of hydrogen-bond donors (Lipinski definition) is 2. The number of aliphatic hydroxyl groups is 1. The predicted octanol–water partition coefficient (Wildman–Crippen LogP) is 2.43. The van der Waals surface area contributed by atoms with Gasteiger partial charge in [0.1, 0.15) is 11.3 Å². The number of carbonyl (C=O) groups is 1. The summed E-state index contributed by atoms with van der Waals surface area (Å²) in [6.07, 6.45) is 1.47. The number of thiophene rings is 1. The number of carbonyl (C=O) groups excluding carboxylic acids is 1. The summed E-state index contributed by atoms with van der Waals surface area (Å²) in [5, 5.41) is 17.1. The fourth-order valence-corrected chi connectivity index (χ4v) is 2.49. The molecule has 0 saturated carbocycles. The molecular formula is C13H13ClN2O2S. The molecule has 1 atom stereocenters. The van der Waals surface area contributed by atoms with Gasteiger partial charge in [0.05, 0.1) is 6.54 Å². The molecule has 0 saturated heterocycles. The Labute approximate surface area is 120 Å². The van der Waals surface area contributed by atoms with Gasteiger partial charge in [-0.3, -0.25) is 9.78 Å². The van der Waals surface area contributed by atoms with Crippen LogP contribution in [0, 0.1) is 0 Å². The summed E-state index contributed by atoms with van der Waals surface area (Å²) < 4.78 is 0. The minimum atomic E-state index is -1.10. The Balaban J connectivity index is 2.01. The third-order valence-corrected chi connectivity index (χ3v) is 3.61. The first kappa shape index (κ1) is 14.0. The highest BCUT2D eigenvalue weighted by Gasteiger charge is 2.24. The summed E-state index contributed by atoms with van der Waals surface area (Å²) in [7, 11) is 0. The first-order valence-electron chi connectivity index (χ1n) is 5.64. The van der Waals surface area contributed by atoms with Gasteiger partial charge < -0.3 is 10.4 Å². The average Bonchev–Trinajstić information content (AvgIpc) is 2.90. The third-order valence-electron chi connectivity index (χ3n) is 2.69. The van der Waals surface area contributed by atoms with Gasteiger partial charge in [-0.2, -0.15) is 11.3 Å². The molecule has 0 spiro atoms. The van der Waals surface area contributed by atoms with Gasteiger partial charge in [0, 0.05) is 11.2 Å². The number of amides is 1. The average molecular weight is 297 g/mol. The Hall–Kier alpha value is -1.43. The molecular weight excluding hydrogens is 284 g/mol. The summed E-state index contributed by atoms with van der Waals surface area (Å²) in [6, 6.07) is 4.91. The van der Waals surface area contributed by atoms with Crippen molar-refractivity contribution in [1.82, 2.24) is 10.3 Å². The zero-order chi connectivity index (χ0) is 13.9. The number of rotatable bonds is 4. The lowest BCUT2D eigenvalue weighted by molar-refractivity contribution is 0.0528. The van der Waals surface area contributed by atoms with Crippen LogP contribution >= 0.6 is 22.9 Å². The maximum absolute atomic E-state index is 11.9. The van der Waals surface area contributed by atoms with Crippen molar-refractivity contribution >= 4 is 28.8 Å². The second-order valence-electron chi connectivity index (χ2n) is 4.33. The lowest BCUT2D eigenvalue weighted by atomic mass is 9.99. The maximum Gasteiger partial charge on any atom is 0.270 e. The van der Waals surface area contributed by atoms with Gasteiger partial charge in [0.25, 0.3) is 5.91 Å².